The summed E-state index contributed by atoms with van der Waals surface area (Å²) in [5.74, 6) is 0. The summed E-state index contributed by atoms with van der Waals surface area (Å²) in [6.45, 7) is 13.7. The van der Waals surface area contributed by atoms with Crippen molar-refractivity contribution < 1.29 is 4.74 Å². The fraction of sp³-hybridized carbons (Fsp3) is 0.667. The van der Waals surface area contributed by atoms with Crippen LogP contribution in [-0.4, -0.2) is 36.7 Å². The Balaban J connectivity index is 2.01. The van der Waals surface area contributed by atoms with E-state index in [1.54, 1.807) is 0 Å². The van der Waals surface area contributed by atoms with Crippen LogP contribution in [0, 0.1) is 0 Å². The number of nitrogens with two attached hydrogens (primary N) is 1. The third-order valence-corrected chi connectivity index (χ3v) is 4.37. The second kappa shape index (κ2) is 6.47. The lowest BCUT2D eigenvalue weighted by Crippen LogP contribution is -2.49. The zero-order valence-corrected chi connectivity index (χ0v) is 14.1. The van der Waals surface area contributed by atoms with Crippen LogP contribution in [0.25, 0.3) is 0 Å². The van der Waals surface area contributed by atoms with Gasteiger partial charge in [0.25, 0.3) is 0 Å². The minimum Gasteiger partial charge on any atom is -0.376 e. The van der Waals surface area contributed by atoms with Crippen molar-refractivity contribution in [2.75, 3.05) is 19.7 Å². The number of nitrogens with zero attached hydrogens (tertiary/aromatic N) is 1. The van der Waals surface area contributed by atoms with E-state index >= 15 is 0 Å². The summed E-state index contributed by atoms with van der Waals surface area (Å²) in [6.07, 6.45) is 0.302. The highest BCUT2D eigenvalue weighted by Gasteiger charge is 2.25. The van der Waals surface area contributed by atoms with Crippen LogP contribution in [0.15, 0.2) is 24.3 Å². The largest absolute Gasteiger partial charge is 0.376 e. The van der Waals surface area contributed by atoms with Crippen LogP contribution in [0.5, 0.6) is 0 Å². The zero-order chi connectivity index (χ0) is 15.6. The van der Waals surface area contributed by atoms with Gasteiger partial charge in [0.05, 0.1) is 12.7 Å². The molecule has 1 saturated heterocycles. The molecule has 0 amide bonds. The van der Waals surface area contributed by atoms with E-state index in [4.69, 9.17) is 10.5 Å². The van der Waals surface area contributed by atoms with Crippen molar-refractivity contribution >= 4 is 0 Å². The van der Waals surface area contributed by atoms with Gasteiger partial charge in [-0.05, 0) is 30.4 Å². The highest BCUT2D eigenvalue weighted by atomic mass is 16.5. The summed E-state index contributed by atoms with van der Waals surface area (Å²) in [6, 6.07) is 9.29. The van der Waals surface area contributed by atoms with E-state index in [9.17, 15) is 0 Å². The Kier molecular flexibility index (Phi) is 5.07. The van der Waals surface area contributed by atoms with Gasteiger partial charge in [-0.25, -0.2) is 0 Å². The zero-order valence-electron chi connectivity index (χ0n) is 14.1. The van der Waals surface area contributed by atoms with Gasteiger partial charge in [0, 0.05) is 25.2 Å². The predicted molar refractivity (Wildman–Crippen MR) is 88.5 cm³/mol. The standard InChI is InChI=1S/C18H30N2O/c1-13-12-21-14(2)10-20(13)11-17(19)15-6-8-16(9-7-15)18(3,4)5/h6-9,13-14,17H,10-12,19H2,1-5H3. The number of rotatable bonds is 3. The molecule has 3 nitrogen and oxygen atoms in total. The van der Waals surface area contributed by atoms with Crippen LogP contribution in [-0.2, 0) is 10.2 Å². The Hall–Kier alpha value is -0.900. The van der Waals surface area contributed by atoms with Crippen LogP contribution < -0.4 is 5.73 Å². The van der Waals surface area contributed by atoms with Crippen molar-refractivity contribution in [3.05, 3.63) is 35.4 Å². The summed E-state index contributed by atoms with van der Waals surface area (Å²) >= 11 is 0. The van der Waals surface area contributed by atoms with E-state index < -0.39 is 0 Å². The average molecular weight is 290 g/mol. The van der Waals surface area contributed by atoms with E-state index in [0.717, 1.165) is 19.7 Å². The van der Waals surface area contributed by atoms with Gasteiger partial charge >= 0.3 is 0 Å². The summed E-state index contributed by atoms with van der Waals surface area (Å²) in [5, 5.41) is 0. The molecule has 21 heavy (non-hydrogen) atoms. The smallest absolute Gasteiger partial charge is 0.0674 e. The minimum absolute atomic E-state index is 0.0618. The third kappa shape index (κ3) is 4.29. The molecule has 3 unspecified atom stereocenters. The Morgan fingerprint density at radius 2 is 1.86 bits per heavy atom. The van der Waals surface area contributed by atoms with Gasteiger partial charge in [-0.2, -0.15) is 0 Å². The molecule has 3 atom stereocenters. The van der Waals surface area contributed by atoms with Crippen LogP contribution in [0.1, 0.15) is 51.8 Å². The monoisotopic (exact) mass is 290 g/mol. The summed E-state index contributed by atoms with van der Waals surface area (Å²) < 4.78 is 5.68. The van der Waals surface area contributed by atoms with E-state index in [1.165, 1.54) is 11.1 Å². The van der Waals surface area contributed by atoms with Crippen molar-refractivity contribution in [2.24, 2.45) is 5.73 Å². The van der Waals surface area contributed by atoms with Gasteiger partial charge in [-0.3, -0.25) is 4.90 Å². The molecular formula is C18H30N2O. The quantitative estimate of drug-likeness (QED) is 0.929. The predicted octanol–water partition coefficient (Wildman–Crippen LogP) is 3.09. The first-order valence-electron chi connectivity index (χ1n) is 7.99. The van der Waals surface area contributed by atoms with Gasteiger partial charge in [-0.1, -0.05) is 45.0 Å². The van der Waals surface area contributed by atoms with E-state index in [0.29, 0.717) is 12.1 Å². The van der Waals surface area contributed by atoms with Crippen LogP contribution >= 0.6 is 0 Å². The molecular weight excluding hydrogens is 260 g/mol. The van der Waals surface area contributed by atoms with Gasteiger partial charge in [-0.15, -0.1) is 0 Å². The molecule has 1 aromatic carbocycles. The number of hydrogen-bond acceptors (Lipinski definition) is 3. The molecule has 1 heterocycles. The molecule has 3 heteroatoms. The van der Waals surface area contributed by atoms with Crippen molar-refractivity contribution in [1.29, 1.82) is 0 Å². The number of benzene rings is 1. The Bertz CT molecular complexity index is 449. The van der Waals surface area contributed by atoms with E-state index in [-0.39, 0.29) is 11.5 Å². The highest BCUT2D eigenvalue weighted by molar-refractivity contribution is 5.29. The maximum atomic E-state index is 6.41. The van der Waals surface area contributed by atoms with Crippen molar-refractivity contribution in [2.45, 2.75) is 58.2 Å². The second-order valence-electron chi connectivity index (χ2n) is 7.43. The van der Waals surface area contributed by atoms with E-state index in [1.807, 2.05) is 0 Å². The van der Waals surface area contributed by atoms with Crippen molar-refractivity contribution in [1.82, 2.24) is 4.90 Å². The molecule has 0 bridgehead atoms. The molecule has 0 aromatic heterocycles. The summed E-state index contributed by atoms with van der Waals surface area (Å²) in [4.78, 5) is 2.44. The fourth-order valence-electron chi connectivity index (χ4n) is 2.81. The minimum atomic E-state index is 0.0618. The number of hydrogen-bond donors (Lipinski definition) is 1. The van der Waals surface area contributed by atoms with Crippen LogP contribution in [0.4, 0.5) is 0 Å². The first-order valence-corrected chi connectivity index (χ1v) is 7.99. The molecule has 2 rings (SSSR count). The number of morpholine rings is 1. The number of ether oxygens (including phenoxy) is 1. The Labute approximate surface area is 129 Å². The first kappa shape index (κ1) is 16.5. The average Bonchev–Trinajstić information content (AvgIpc) is 2.42. The summed E-state index contributed by atoms with van der Waals surface area (Å²) in [7, 11) is 0. The highest BCUT2D eigenvalue weighted by Crippen LogP contribution is 2.24. The van der Waals surface area contributed by atoms with Crippen molar-refractivity contribution in [3.8, 4) is 0 Å². The normalized spacial score (nSPS) is 25.8. The SMILES string of the molecule is CC1CN(CC(N)c2ccc(C(C)(C)C)cc2)C(C)CO1. The van der Waals surface area contributed by atoms with Gasteiger partial charge in [0.1, 0.15) is 0 Å². The fourth-order valence-corrected chi connectivity index (χ4v) is 2.81. The second-order valence-corrected chi connectivity index (χ2v) is 7.43. The molecule has 1 aromatic rings. The van der Waals surface area contributed by atoms with Crippen molar-refractivity contribution in [3.63, 3.8) is 0 Å². The lowest BCUT2D eigenvalue weighted by Gasteiger charge is -2.38. The lowest BCUT2D eigenvalue weighted by atomic mass is 9.86. The molecule has 1 aliphatic rings. The Morgan fingerprint density at radius 1 is 1.24 bits per heavy atom. The van der Waals surface area contributed by atoms with E-state index in [2.05, 4.69) is 63.8 Å². The first-order chi connectivity index (χ1) is 9.77. The van der Waals surface area contributed by atoms with Gasteiger partial charge < -0.3 is 10.5 Å². The molecule has 118 valence electrons. The summed E-state index contributed by atoms with van der Waals surface area (Å²) in [5.41, 5.74) is 9.17. The lowest BCUT2D eigenvalue weighted by molar-refractivity contribution is -0.0510. The Morgan fingerprint density at radius 3 is 2.43 bits per heavy atom. The molecule has 0 spiro atoms. The molecule has 0 saturated carbocycles. The maximum Gasteiger partial charge on any atom is 0.0674 e. The molecule has 1 aliphatic heterocycles. The topological polar surface area (TPSA) is 38.5 Å². The molecule has 2 N–H and O–H groups in total. The third-order valence-electron chi connectivity index (χ3n) is 4.37. The van der Waals surface area contributed by atoms with Crippen LogP contribution in [0.3, 0.4) is 0 Å². The van der Waals surface area contributed by atoms with Gasteiger partial charge in [0.2, 0.25) is 0 Å². The molecule has 0 aliphatic carbocycles. The maximum absolute atomic E-state index is 6.41. The molecule has 0 radical (unpaired) electrons. The van der Waals surface area contributed by atoms with Gasteiger partial charge in [0.15, 0.2) is 0 Å². The molecule has 1 fully saturated rings. The van der Waals surface area contributed by atoms with Crippen LogP contribution in [0.2, 0.25) is 0 Å².